The molecule has 0 aliphatic rings. The quantitative estimate of drug-likeness (QED) is 0.700. The standard InChI is InChI=1S/C14H15Br2NOS/c1-9(13-6-7-14(16)19-13)17-12-5-3-4-11(15)10(12)8-18-2/h3-7,9,17H,8H2,1-2H3. The maximum absolute atomic E-state index is 5.27. The second-order valence-corrected chi connectivity index (χ2v) is 7.56. The molecule has 2 aromatic rings. The lowest BCUT2D eigenvalue weighted by Crippen LogP contribution is -2.07. The van der Waals surface area contributed by atoms with E-state index in [4.69, 9.17) is 4.74 Å². The van der Waals surface area contributed by atoms with Crippen LogP contribution in [-0.2, 0) is 11.3 Å². The summed E-state index contributed by atoms with van der Waals surface area (Å²) in [4.78, 5) is 1.30. The predicted molar refractivity (Wildman–Crippen MR) is 88.9 cm³/mol. The minimum absolute atomic E-state index is 0.265. The number of hydrogen-bond acceptors (Lipinski definition) is 3. The van der Waals surface area contributed by atoms with Crippen molar-refractivity contribution in [2.75, 3.05) is 12.4 Å². The van der Waals surface area contributed by atoms with Crippen molar-refractivity contribution in [3.05, 3.63) is 49.0 Å². The van der Waals surface area contributed by atoms with Crippen LogP contribution in [0.15, 0.2) is 38.6 Å². The molecule has 0 saturated heterocycles. The Morgan fingerprint density at radius 1 is 1.26 bits per heavy atom. The Morgan fingerprint density at radius 2 is 2.05 bits per heavy atom. The van der Waals surface area contributed by atoms with Crippen molar-refractivity contribution < 1.29 is 4.74 Å². The number of halogens is 2. The molecule has 0 spiro atoms. The van der Waals surface area contributed by atoms with Crippen LogP contribution < -0.4 is 5.32 Å². The van der Waals surface area contributed by atoms with Gasteiger partial charge in [-0.05, 0) is 47.1 Å². The van der Waals surface area contributed by atoms with Crippen LogP contribution in [0.5, 0.6) is 0 Å². The molecule has 5 heteroatoms. The van der Waals surface area contributed by atoms with Crippen LogP contribution in [0.3, 0.4) is 0 Å². The SMILES string of the molecule is COCc1c(Br)cccc1NC(C)c1ccc(Br)s1. The monoisotopic (exact) mass is 403 g/mol. The van der Waals surface area contributed by atoms with E-state index in [1.165, 1.54) is 4.88 Å². The molecule has 2 rings (SSSR count). The van der Waals surface area contributed by atoms with Crippen LogP contribution in [-0.4, -0.2) is 7.11 Å². The fourth-order valence-corrected chi connectivity index (χ4v) is 3.76. The molecule has 0 fully saturated rings. The predicted octanol–water partition coefficient (Wildman–Crippen LogP) is 5.59. The summed E-state index contributed by atoms with van der Waals surface area (Å²) in [7, 11) is 1.71. The second-order valence-electron chi connectivity index (χ2n) is 4.21. The Kier molecular flexibility index (Phi) is 5.45. The van der Waals surface area contributed by atoms with Crippen LogP contribution in [0.4, 0.5) is 5.69 Å². The average Bonchev–Trinajstić information content (AvgIpc) is 2.80. The summed E-state index contributed by atoms with van der Waals surface area (Å²) in [5, 5.41) is 3.55. The molecule has 1 aromatic heterocycles. The van der Waals surface area contributed by atoms with Gasteiger partial charge in [0.1, 0.15) is 0 Å². The smallest absolute Gasteiger partial charge is 0.0744 e. The molecule has 1 aromatic carbocycles. The lowest BCUT2D eigenvalue weighted by molar-refractivity contribution is 0.185. The van der Waals surface area contributed by atoms with E-state index in [0.717, 1.165) is 19.5 Å². The maximum Gasteiger partial charge on any atom is 0.0744 e. The van der Waals surface area contributed by atoms with E-state index in [1.54, 1.807) is 18.4 Å². The first-order valence-corrected chi connectivity index (χ1v) is 8.30. The van der Waals surface area contributed by atoms with Gasteiger partial charge in [0.25, 0.3) is 0 Å². The first-order valence-electron chi connectivity index (χ1n) is 5.90. The molecular formula is C14H15Br2NOS. The summed E-state index contributed by atoms with van der Waals surface area (Å²) in [6.45, 7) is 2.75. The highest BCUT2D eigenvalue weighted by Crippen LogP contribution is 2.32. The Labute approximate surface area is 134 Å². The molecule has 0 aliphatic carbocycles. The van der Waals surface area contributed by atoms with Crippen LogP contribution in [0.25, 0.3) is 0 Å². The molecule has 102 valence electrons. The van der Waals surface area contributed by atoms with Gasteiger partial charge in [0.15, 0.2) is 0 Å². The van der Waals surface area contributed by atoms with Gasteiger partial charge in [-0.3, -0.25) is 0 Å². The Hall–Kier alpha value is -0.360. The molecule has 1 atom stereocenters. The van der Waals surface area contributed by atoms with Crippen LogP contribution >= 0.6 is 43.2 Å². The van der Waals surface area contributed by atoms with Crippen molar-refractivity contribution >= 4 is 48.9 Å². The number of rotatable bonds is 5. The third kappa shape index (κ3) is 3.81. The zero-order valence-electron chi connectivity index (χ0n) is 10.7. The Bertz CT molecular complexity index is 556. The first kappa shape index (κ1) is 15.0. The lowest BCUT2D eigenvalue weighted by atomic mass is 10.1. The highest BCUT2D eigenvalue weighted by molar-refractivity contribution is 9.11. The largest absolute Gasteiger partial charge is 0.380 e. The van der Waals surface area contributed by atoms with Crippen molar-refractivity contribution in [2.24, 2.45) is 0 Å². The fourth-order valence-electron chi connectivity index (χ4n) is 1.85. The number of thiophene rings is 1. The highest BCUT2D eigenvalue weighted by atomic mass is 79.9. The highest BCUT2D eigenvalue weighted by Gasteiger charge is 2.12. The van der Waals surface area contributed by atoms with E-state index in [2.05, 4.69) is 62.3 Å². The normalized spacial score (nSPS) is 12.4. The van der Waals surface area contributed by atoms with Crippen LogP contribution in [0.1, 0.15) is 23.4 Å². The molecule has 2 nitrogen and oxygen atoms in total. The lowest BCUT2D eigenvalue weighted by Gasteiger charge is -2.18. The fraction of sp³-hybridized carbons (Fsp3) is 0.286. The van der Waals surface area contributed by atoms with Gasteiger partial charge < -0.3 is 10.1 Å². The number of anilines is 1. The summed E-state index contributed by atoms with van der Waals surface area (Å²) in [5.74, 6) is 0. The van der Waals surface area contributed by atoms with Gasteiger partial charge in [-0.1, -0.05) is 22.0 Å². The third-order valence-electron chi connectivity index (χ3n) is 2.80. The van der Waals surface area contributed by atoms with Crippen molar-refractivity contribution in [3.8, 4) is 0 Å². The van der Waals surface area contributed by atoms with Gasteiger partial charge >= 0.3 is 0 Å². The number of benzene rings is 1. The molecule has 0 radical (unpaired) electrons. The van der Waals surface area contributed by atoms with Gasteiger partial charge in [-0.2, -0.15) is 0 Å². The van der Waals surface area contributed by atoms with E-state index in [0.29, 0.717) is 6.61 Å². The van der Waals surface area contributed by atoms with Crippen LogP contribution in [0.2, 0.25) is 0 Å². The zero-order chi connectivity index (χ0) is 13.8. The minimum Gasteiger partial charge on any atom is -0.380 e. The summed E-state index contributed by atoms with van der Waals surface area (Å²) in [6, 6.07) is 10.6. The van der Waals surface area contributed by atoms with Gasteiger partial charge in [0, 0.05) is 27.7 Å². The number of ether oxygens (including phenoxy) is 1. The van der Waals surface area contributed by atoms with Crippen molar-refractivity contribution in [1.82, 2.24) is 0 Å². The molecule has 1 N–H and O–H groups in total. The van der Waals surface area contributed by atoms with Gasteiger partial charge in [-0.15, -0.1) is 11.3 Å². The number of hydrogen-bond donors (Lipinski definition) is 1. The van der Waals surface area contributed by atoms with E-state index in [1.807, 2.05) is 12.1 Å². The molecule has 1 unspecified atom stereocenters. The molecule has 19 heavy (non-hydrogen) atoms. The Morgan fingerprint density at radius 3 is 2.68 bits per heavy atom. The topological polar surface area (TPSA) is 21.3 Å². The molecule has 0 aliphatic heterocycles. The van der Waals surface area contributed by atoms with E-state index in [-0.39, 0.29) is 6.04 Å². The zero-order valence-corrected chi connectivity index (χ0v) is 14.7. The summed E-state index contributed by atoms with van der Waals surface area (Å²) in [5.41, 5.74) is 2.25. The van der Waals surface area contributed by atoms with Crippen molar-refractivity contribution in [3.63, 3.8) is 0 Å². The van der Waals surface area contributed by atoms with Gasteiger partial charge in [0.2, 0.25) is 0 Å². The van der Waals surface area contributed by atoms with E-state index >= 15 is 0 Å². The molecule has 0 bridgehead atoms. The molecule has 1 heterocycles. The minimum atomic E-state index is 0.265. The number of methoxy groups -OCH3 is 1. The van der Waals surface area contributed by atoms with Gasteiger partial charge in [-0.25, -0.2) is 0 Å². The first-order chi connectivity index (χ1) is 9.11. The van der Waals surface area contributed by atoms with Crippen LogP contribution in [0, 0.1) is 0 Å². The van der Waals surface area contributed by atoms with Gasteiger partial charge in [0.05, 0.1) is 16.4 Å². The van der Waals surface area contributed by atoms with Crippen molar-refractivity contribution in [2.45, 2.75) is 19.6 Å². The summed E-state index contributed by atoms with van der Waals surface area (Å²) >= 11 is 8.82. The number of nitrogens with one attached hydrogen (secondary N) is 1. The summed E-state index contributed by atoms with van der Waals surface area (Å²) < 4.78 is 7.49. The third-order valence-corrected chi connectivity index (χ3v) is 5.35. The van der Waals surface area contributed by atoms with E-state index in [9.17, 15) is 0 Å². The molecular weight excluding hydrogens is 390 g/mol. The van der Waals surface area contributed by atoms with E-state index < -0.39 is 0 Å². The molecule has 0 amide bonds. The average molecular weight is 405 g/mol. The Balaban J connectivity index is 2.21. The van der Waals surface area contributed by atoms with Crippen molar-refractivity contribution in [1.29, 1.82) is 0 Å². The second kappa shape index (κ2) is 6.88. The maximum atomic E-state index is 5.27. The summed E-state index contributed by atoms with van der Waals surface area (Å²) in [6.07, 6.45) is 0. The molecule has 0 saturated carbocycles.